The van der Waals surface area contributed by atoms with Gasteiger partial charge in [-0.25, -0.2) is 4.39 Å². The first-order chi connectivity index (χ1) is 8.72. The van der Waals surface area contributed by atoms with Gasteiger partial charge in [-0.1, -0.05) is 6.07 Å². The number of hydrogen-bond donors (Lipinski definition) is 1. The molecule has 90 valence electrons. The molecule has 0 saturated carbocycles. The second kappa shape index (κ2) is 4.18. The Bertz CT molecular complexity index is 701. The van der Waals surface area contributed by atoms with Gasteiger partial charge in [0.2, 0.25) is 0 Å². The summed E-state index contributed by atoms with van der Waals surface area (Å²) in [5, 5.41) is 4.36. The largest absolute Gasteiger partial charge is 0.355 e. The summed E-state index contributed by atoms with van der Waals surface area (Å²) in [4.78, 5) is 0. The standard InChI is InChI=1S/C15H13FN2/c1-18-8-7-11-9-14(5-6-15(11)18)17-13-4-2-3-12(16)10-13/h2-10,17H,1H3. The van der Waals surface area contributed by atoms with Gasteiger partial charge in [0.05, 0.1) is 0 Å². The number of aromatic nitrogens is 1. The van der Waals surface area contributed by atoms with Crippen LogP contribution in [0.15, 0.2) is 54.7 Å². The summed E-state index contributed by atoms with van der Waals surface area (Å²) < 4.78 is 15.2. The zero-order chi connectivity index (χ0) is 12.5. The van der Waals surface area contributed by atoms with E-state index < -0.39 is 0 Å². The number of rotatable bonds is 2. The summed E-state index contributed by atoms with van der Waals surface area (Å²) in [6, 6.07) is 14.6. The van der Waals surface area contributed by atoms with Crippen molar-refractivity contribution in [3.8, 4) is 0 Å². The highest BCUT2D eigenvalue weighted by Gasteiger charge is 2.00. The Balaban J connectivity index is 1.95. The molecule has 0 aliphatic carbocycles. The van der Waals surface area contributed by atoms with E-state index in [0.717, 1.165) is 11.4 Å². The van der Waals surface area contributed by atoms with E-state index in [1.165, 1.54) is 23.0 Å². The second-order valence-corrected chi connectivity index (χ2v) is 4.34. The normalized spacial score (nSPS) is 10.8. The van der Waals surface area contributed by atoms with Crippen molar-refractivity contribution in [1.29, 1.82) is 0 Å². The fraction of sp³-hybridized carbons (Fsp3) is 0.0667. The first-order valence-corrected chi connectivity index (χ1v) is 5.80. The van der Waals surface area contributed by atoms with Crippen LogP contribution < -0.4 is 5.32 Å². The number of benzene rings is 2. The van der Waals surface area contributed by atoms with Gasteiger partial charge in [0.1, 0.15) is 5.82 Å². The van der Waals surface area contributed by atoms with Crippen LogP contribution in [0.25, 0.3) is 10.9 Å². The van der Waals surface area contributed by atoms with Crippen LogP contribution in [0, 0.1) is 5.82 Å². The van der Waals surface area contributed by atoms with Crippen molar-refractivity contribution in [3.05, 3.63) is 60.5 Å². The van der Waals surface area contributed by atoms with Crippen molar-refractivity contribution < 1.29 is 4.39 Å². The maximum Gasteiger partial charge on any atom is 0.125 e. The van der Waals surface area contributed by atoms with Crippen molar-refractivity contribution in [3.63, 3.8) is 0 Å². The summed E-state index contributed by atoms with van der Waals surface area (Å²) >= 11 is 0. The van der Waals surface area contributed by atoms with E-state index in [4.69, 9.17) is 0 Å². The van der Waals surface area contributed by atoms with Gasteiger partial charge >= 0.3 is 0 Å². The minimum Gasteiger partial charge on any atom is -0.355 e. The Hall–Kier alpha value is -2.29. The summed E-state index contributed by atoms with van der Waals surface area (Å²) in [5.41, 5.74) is 2.89. The summed E-state index contributed by atoms with van der Waals surface area (Å²) in [5.74, 6) is -0.235. The quantitative estimate of drug-likeness (QED) is 0.714. The van der Waals surface area contributed by atoms with E-state index in [9.17, 15) is 4.39 Å². The molecule has 3 aromatic rings. The molecule has 3 rings (SSSR count). The molecular formula is C15H13FN2. The van der Waals surface area contributed by atoms with Crippen LogP contribution in [0.4, 0.5) is 15.8 Å². The van der Waals surface area contributed by atoms with Gasteiger partial charge in [0.25, 0.3) is 0 Å². The van der Waals surface area contributed by atoms with Crippen molar-refractivity contribution in [1.82, 2.24) is 4.57 Å². The molecule has 0 fully saturated rings. The maximum atomic E-state index is 13.1. The molecule has 3 heteroatoms. The zero-order valence-corrected chi connectivity index (χ0v) is 10.0. The molecule has 1 aromatic heterocycles. The van der Waals surface area contributed by atoms with Crippen molar-refractivity contribution in [2.75, 3.05) is 5.32 Å². The fourth-order valence-corrected chi connectivity index (χ4v) is 2.09. The van der Waals surface area contributed by atoms with Gasteiger partial charge in [-0.3, -0.25) is 0 Å². The van der Waals surface area contributed by atoms with Crippen LogP contribution >= 0.6 is 0 Å². The summed E-state index contributed by atoms with van der Waals surface area (Å²) in [6.07, 6.45) is 2.02. The smallest absolute Gasteiger partial charge is 0.125 e. The van der Waals surface area contributed by atoms with Gasteiger partial charge < -0.3 is 9.88 Å². The van der Waals surface area contributed by atoms with Gasteiger partial charge in [-0.2, -0.15) is 0 Å². The zero-order valence-electron chi connectivity index (χ0n) is 10.0. The Labute approximate surface area is 105 Å². The minimum absolute atomic E-state index is 0.235. The Kier molecular flexibility index (Phi) is 2.52. The highest BCUT2D eigenvalue weighted by molar-refractivity contribution is 5.84. The van der Waals surface area contributed by atoms with E-state index in [1.807, 2.05) is 25.4 Å². The number of halogens is 1. The predicted molar refractivity (Wildman–Crippen MR) is 72.6 cm³/mol. The molecular weight excluding hydrogens is 227 g/mol. The van der Waals surface area contributed by atoms with E-state index in [2.05, 4.69) is 28.1 Å². The lowest BCUT2D eigenvalue weighted by molar-refractivity contribution is 0.628. The van der Waals surface area contributed by atoms with Crippen LogP contribution in [-0.2, 0) is 7.05 Å². The van der Waals surface area contributed by atoms with Crippen LogP contribution in [0.2, 0.25) is 0 Å². The average Bonchev–Trinajstić information content (AvgIpc) is 2.71. The summed E-state index contributed by atoms with van der Waals surface area (Å²) in [6.45, 7) is 0. The molecule has 0 atom stereocenters. The number of aryl methyl sites for hydroxylation is 1. The van der Waals surface area contributed by atoms with E-state index >= 15 is 0 Å². The third-order valence-electron chi connectivity index (χ3n) is 3.00. The first-order valence-electron chi connectivity index (χ1n) is 5.80. The molecule has 2 nitrogen and oxygen atoms in total. The fourth-order valence-electron chi connectivity index (χ4n) is 2.09. The van der Waals surface area contributed by atoms with Crippen molar-refractivity contribution in [2.45, 2.75) is 0 Å². The topological polar surface area (TPSA) is 17.0 Å². The predicted octanol–water partition coefficient (Wildman–Crippen LogP) is 4.06. The van der Waals surface area contributed by atoms with Crippen LogP contribution in [0.3, 0.4) is 0 Å². The molecule has 0 amide bonds. The van der Waals surface area contributed by atoms with E-state index in [1.54, 1.807) is 6.07 Å². The molecule has 0 bridgehead atoms. The average molecular weight is 240 g/mol. The minimum atomic E-state index is -0.235. The van der Waals surface area contributed by atoms with Gasteiger partial charge in [-0.15, -0.1) is 0 Å². The first kappa shape index (κ1) is 10.8. The van der Waals surface area contributed by atoms with Gasteiger partial charge in [0, 0.05) is 35.5 Å². The third-order valence-corrected chi connectivity index (χ3v) is 3.00. The van der Waals surface area contributed by atoms with Gasteiger partial charge in [-0.05, 0) is 42.5 Å². The SMILES string of the molecule is Cn1ccc2cc(Nc3cccc(F)c3)ccc21. The number of fused-ring (bicyclic) bond motifs is 1. The third kappa shape index (κ3) is 1.95. The molecule has 0 spiro atoms. The van der Waals surface area contributed by atoms with E-state index in [-0.39, 0.29) is 5.82 Å². The Morgan fingerprint density at radius 2 is 1.83 bits per heavy atom. The number of nitrogens with one attached hydrogen (secondary N) is 1. The van der Waals surface area contributed by atoms with Crippen LogP contribution in [0.5, 0.6) is 0 Å². The Morgan fingerprint density at radius 1 is 1.00 bits per heavy atom. The lowest BCUT2D eigenvalue weighted by Crippen LogP contribution is -1.91. The highest BCUT2D eigenvalue weighted by atomic mass is 19.1. The van der Waals surface area contributed by atoms with Crippen LogP contribution in [0.1, 0.15) is 0 Å². The monoisotopic (exact) mass is 240 g/mol. The number of hydrogen-bond acceptors (Lipinski definition) is 1. The van der Waals surface area contributed by atoms with Crippen molar-refractivity contribution in [2.24, 2.45) is 7.05 Å². The molecule has 0 saturated heterocycles. The maximum absolute atomic E-state index is 13.1. The molecule has 0 aliphatic heterocycles. The number of nitrogens with zero attached hydrogens (tertiary/aromatic N) is 1. The van der Waals surface area contributed by atoms with Crippen LogP contribution in [-0.4, -0.2) is 4.57 Å². The second-order valence-electron chi connectivity index (χ2n) is 4.34. The van der Waals surface area contributed by atoms with Crippen molar-refractivity contribution >= 4 is 22.3 Å². The number of anilines is 2. The molecule has 1 heterocycles. The molecule has 2 aromatic carbocycles. The highest BCUT2D eigenvalue weighted by Crippen LogP contribution is 2.23. The molecule has 0 unspecified atom stereocenters. The summed E-state index contributed by atoms with van der Waals surface area (Å²) in [7, 11) is 2.02. The molecule has 0 radical (unpaired) electrons. The molecule has 1 N–H and O–H groups in total. The lowest BCUT2D eigenvalue weighted by Gasteiger charge is -2.07. The molecule has 18 heavy (non-hydrogen) atoms. The van der Waals surface area contributed by atoms with Gasteiger partial charge in [0.15, 0.2) is 0 Å². The molecule has 0 aliphatic rings. The lowest BCUT2D eigenvalue weighted by atomic mass is 10.2. The van der Waals surface area contributed by atoms with E-state index in [0.29, 0.717) is 0 Å². The Morgan fingerprint density at radius 3 is 2.67 bits per heavy atom.